The molecule has 0 fully saturated rings. The molecule has 1 aromatic heterocycles. The molecule has 0 aliphatic carbocycles. The van der Waals surface area contributed by atoms with Crippen LogP contribution in [0.4, 0.5) is 0 Å². The summed E-state index contributed by atoms with van der Waals surface area (Å²) in [7, 11) is 0. The maximum absolute atomic E-state index is 5.24. The fourth-order valence-corrected chi connectivity index (χ4v) is 1.65. The first-order valence-electron chi connectivity index (χ1n) is 4.92. The van der Waals surface area contributed by atoms with E-state index in [4.69, 9.17) is 12.2 Å². The number of aromatic amines is 1. The lowest BCUT2D eigenvalue weighted by Crippen LogP contribution is -2.06. The fraction of sp³-hybridized carbons (Fsp3) is 0.700. The summed E-state index contributed by atoms with van der Waals surface area (Å²) in [4.78, 5) is 0. The van der Waals surface area contributed by atoms with Gasteiger partial charge in [-0.2, -0.15) is 0 Å². The summed E-state index contributed by atoms with van der Waals surface area (Å²) in [6.07, 6.45) is 2.26. The summed E-state index contributed by atoms with van der Waals surface area (Å²) < 4.78 is 2.99. The Morgan fingerprint density at radius 3 is 2.77 bits per heavy atom. The molecular formula is C10H18N2S. The third-order valence-corrected chi connectivity index (χ3v) is 2.25. The van der Waals surface area contributed by atoms with E-state index in [0.29, 0.717) is 5.92 Å². The number of nitrogens with one attached hydrogen (secondary N) is 1. The van der Waals surface area contributed by atoms with Crippen molar-refractivity contribution in [3.8, 4) is 0 Å². The molecule has 1 N–H and O–H groups in total. The molecule has 0 radical (unpaired) electrons. The zero-order valence-corrected chi connectivity index (χ0v) is 9.45. The third-order valence-electron chi connectivity index (χ3n) is 1.91. The topological polar surface area (TPSA) is 20.7 Å². The van der Waals surface area contributed by atoms with Gasteiger partial charge in [-0.1, -0.05) is 39.4 Å². The molecule has 0 saturated carbocycles. The summed E-state index contributed by atoms with van der Waals surface area (Å²) in [5.41, 5.74) is 1.26. The van der Waals surface area contributed by atoms with Gasteiger partial charge in [-0.25, -0.2) is 0 Å². The van der Waals surface area contributed by atoms with Gasteiger partial charge in [0.2, 0.25) is 0 Å². The highest BCUT2D eigenvalue weighted by Gasteiger charge is 2.01. The first-order valence-corrected chi connectivity index (χ1v) is 5.33. The van der Waals surface area contributed by atoms with Crippen LogP contribution in [0.25, 0.3) is 0 Å². The van der Waals surface area contributed by atoms with Gasteiger partial charge in [0.1, 0.15) is 4.64 Å². The lowest BCUT2D eigenvalue weighted by Gasteiger charge is -2.05. The molecule has 0 atom stereocenters. The quantitative estimate of drug-likeness (QED) is 0.737. The maximum Gasteiger partial charge on any atom is 0.122 e. The van der Waals surface area contributed by atoms with E-state index in [-0.39, 0.29) is 0 Å². The average Bonchev–Trinajstić information content (AvgIpc) is 2.31. The van der Waals surface area contributed by atoms with E-state index in [1.165, 1.54) is 5.69 Å². The van der Waals surface area contributed by atoms with E-state index >= 15 is 0 Å². The van der Waals surface area contributed by atoms with Gasteiger partial charge in [-0.15, -0.1) is 0 Å². The summed E-state index contributed by atoms with van der Waals surface area (Å²) in [6.45, 7) is 7.56. The predicted molar refractivity (Wildman–Crippen MR) is 58.4 cm³/mol. The molecule has 0 unspecified atom stereocenters. The summed E-state index contributed by atoms with van der Waals surface area (Å²) >= 11 is 5.24. The van der Waals surface area contributed by atoms with Crippen molar-refractivity contribution in [2.75, 3.05) is 0 Å². The molecule has 0 spiro atoms. The largest absolute Gasteiger partial charge is 0.302 e. The van der Waals surface area contributed by atoms with Crippen molar-refractivity contribution in [3.63, 3.8) is 0 Å². The predicted octanol–water partition coefficient (Wildman–Crippen LogP) is 3.15. The molecule has 0 saturated heterocycles. The van der Waals surface area contributed by atoms with Crippen molar-refractivity contribution >= 4 is 12.2 Å². The highest BCUT2D eigenvalue weighted by atomic mass is 32.1. The zero-order chi connectivity index (χ0) is 9.84. The third kappa shape index (κ3) is 2.99. The van der Waals surface area contributed by atoms with Gasteiger partial charge in [0.05, 0.1) is 0 Å². The lowest BCUT2D eigenvalue weighted by atomic mass is 10.2. The minimum absolute atomic E-state index is 0.639. The summed E-state index contributed by atoms with van der Waals surface area (Å²) in [5, 5.41) is 3.33. The van der Waals surface area contributed by atoms with Gasteiger partial charge in [0.25, 0.3) is 0 Å². The van der Waals surface area contributed by atoms with Crippen LogP contribution in [0.2, 0.25) is 0 Å². The lowest BCUT2D eigenvalue weighted by molar-refractivity contribution is 0.475. The van der Waals surface area contributed by atoms with Gasteiger partial charge < -0.3 is 5.10 Å². The molecule has 1 aromatic rings. The van der Waals surface area contributed by atoms with Crippen LogP contribution in [0.3, 0.4) is 0 Å². The van der Waals surface area contributed by atoms with Crippen LogP contribution in [0, 0.1) is 10.6 Å². The Balaban J connectivity index is 2.77. The Hall–Kier alpha value is -0.570. The van der Waals surface area contributed by atoms with E-state index in [0.717, 1.165) is 24.0 Å². The maximum atomic E-state index is 5.24. The van der Waals surface area contributed by atoms with Crippen molar-refractivity contribution < 1.29 is 0 Å². The van der Waals surface area contributed by atoms with Gasteiger partial charge in [-0.05, 0) is 18.4 Å². The Bertz CT molecular complexity index is 309. The van der Waals surface area contributed by atoms with E-state index in [1.807, 2.05) is 0 Å². The molecule has 2 nitrogen and oxygen atoms in total. The van der Waals surface area contributed by atoms with Crippen LogP contribution in [0.15, 0.2) is 6.07 Å². The van der Waals surface area contributed by atoms with Gasteiger partial charge in [0, 0.05) is 12.2 Å². The second-order valence-corrected chi connectivity index (χ2v) is 4.29. The Labute approximate surface area is 85.0 Å². The summed E-state index contributed by atoms with van der Waals surface area (Å²) in [5.74, 6) is 0.639. The number of aromatic nitrogens is 2. The van der Waals surface area contributed by atoms with Crippen molar-refractivity contribution in [1.29, 1.82) is 0 Å². The van der Waals surface area contributed by atoms with Gasteiger partial charge in [-0.3, -0.25) is 4.68 Å². The SMILES string of the molecule is CCCc1cc(=S)n(CC(C)C)[nH]1. The average molecular weight is 198 g/mol. The molecular weight excluding hydrogens is 180 g/mol. The number of rotatable bonds is 4. The Morgan fingerprint density at radius 2 is 2.23 bits per heavy atom. The van der Waals surface area contributed by atoms with Crippen molar-refractivity contribution in [3.05, 3.63) is 16.4 Å². The zero-order valence-electron chi connectivity index (χ0n) is 8.63. The van der Waals surface area contributed by atoms with Crippen molar-refractivity contribution in [2.24, 2.45) is 5.92 Å². The van der Waals surface area contributed by atoms with Crippen LogP contribution >= 0.6 is 12.2 Å². The van der Waals surface area contributed by atoms with Gasteiger partial charge in [0.15, 0.2) is 0 Å². The van der Waals surface area contributed by atoms with E-state index < -0.39 is 0 Å². The Kier molecular flexibility index (Phi) is 3.72. The van der Waals surface area contributed by atoms with Crippen molar-refractivity contribution in [2.45, 2.75) is 40.2 Å². The fourth-order valence-electron chi connectivity index (χ4n) is 1.39. The second kappa shape index (κ2) is 4.61. The van der Waals surface area contributed by atoms with E-state index in [1.54, 1.807) is 0 Å². The molecule has 74 valence electrons. The molecule has 3 heteroatoms. The number of H-pyrrole nitrogens is 1. The number of hydrogen-bond acceptors (Lipinski definition) is 1. The molecule has 0 aliphatic heterocycles. The van der Waals surface area contributed by atoms with Crippen LogP contribution < -0.4 is 0 Å². The van der Waals surface area contributed by atoms with E-state index in [2.05, 4.69) is 36.6 Å². The molecule has 1 rings (SSSR count). The minimum atomic E-state index is 0.639. The van der Waals surface area contributed by atoms with Crippen LogP contribution in [0.1, 0.15) is 32.9 Å². The number of hydrogen-bond donors (Lipinski definition) is 1. The standard InChI is InChI=1S/C10H18N2S/c1-4-5-9-6-10(13)12(11-9)7-8(2)3/h6,8,11H,4-5,7H2,1-3H3. The van der Waals surface area contributed by atoms with Crippen LogP contribution in [0.5, 0.6) is 0 Å². The van der Waals surface area contributed by atoms with Gasteiger partial charge >= 0.3 is 0 Å². The normalized spacial score (nSPS) is 11.1. The molecule has 0 amide bonds. The highest BCUT2D eigenvalue weighted by Crippen LogP contribution is 2.05. The summed E-state index contributed by atoms with van der Waals surface area (Å²) in [6, 6.07) is 2.07. The monoisotopic (exact) mass is 198 g/mol. The molecule has 0 aliphatic rings. The number of nitrogens with zero attached hydrogens (tertiary/aromatic N) is 1. The minimum Gasteiger partial charge on any atom is -0.302 e. The number of aryl methyl sites for hydroxylation is 1. The molecule has 0 bridgehead atoms. The van der Waals surface area contributed by atoms with E-state index in [9.17, 15) is 0 Å². The van der Waals surface area contributed by atoms with Crippen LogP contribution in [-0.2, 0) is 13.0 Å². The molecule has 13 heavy (non-hydrogen) atoms. The second-order valence-electron chi connectivity index (χ2n) is 3.87. The first-order chi connectivity index (χ1) is 6.13. The smallest absolute Gasteiger partial charge is 0.122 e. The van der Waals surface area contributed by atoms with Crippen molar-refractivity contribution in [1.82, 2.24) is 9.78 Å². The van der Waals surface area contributed by atoms with Crippen LogP contribution in [-0.4, -0.2) is 9.78 Å². The molecule has 0 aromatic carbocycles. The molecule has 1 heterocycles. The highest BCUT2D eigenvalue weighted by molar-refractivity contribution is 7.71. The Morgan fingerprint density at radius 1 is 1.54 bits per heavy atom. The first kappa shape index (κ1) is 10.5.